The summed E-state index contributed by atoms with van der Waals surface area (Å²) < 4.78 is 11.1. The summed E-state index contributed by atoms with van der Waals surface area (Å²) in [6.45, 7) is 2.13. The van der Waals surface area contributed by atoms with E-state index in [4.69, 9.17) is 9.15 Å². The van der Waals surface area contributed by atoms with Gasteiger partial charge in [-0.1, -0.05) is 30.3 Å². The summed E-state index contributed by atoms with van der Waals surface area (Å²) in [6.07, 6.45) is 0. The van der Waals surface area contributed by atoms with Crippen molar-refractivity contribution in [2.45, 2.75) is 20.1 Å². The fourth-order valence-electron chi connectivity index (χ4n) is 2.11. The highest BCUT2D eigenvalue weighted by molar-refractivity contribution is 5.94. The molecule has 0 saturated carbocycles. The first kappa shape index (κ1) is 15.7. The van der Waals surface area contributed by atoms with E-state index in [0.717, 1.165) is 11.4 Å². The van der Waals surface area contributed by atoms with Crippen LogP contribution in [0.1, 0.15) is 29.1 Å². The minimum absolute atomic E-state index is 0.0248. The first-order valence-electron chi connectivity index (χ1n) is 7.55. The van der Waals surface area contributed by atoms with Crippen LogP contribution in [0.25, 0.3) is 0 Å². The van der Waals surface area contributed by atoms with Crippen molar-refractivity contribution in [1.29, 1.82) is 0 Å². The fourth-order valence-corrected chi connectivity index (χ4v) is 2.11. The lowest BCUT2D eigenvalue weighted by molar-refractivity contribution is 0.101. The van der Waals surface area contributed by atoms with Crippen molar-refractivity contribution in [2.75, 3.05) is 5.32 Å². The average Bonchev–Trinajstić information content (AvgIpc) is 3.07. The highest BCUT2D eigenvalue weighted by Gasteiger charge is 2.07. The highest BCUT2D eigenvalue weighted by Crippen LogP contribution is 2.14. The number of Topliss-reactive ketones (excluding diaryl/α,β-unsaturated/α-hetero) is 1. The van der Waals surface area contributed by atoms with Crippen molar-refractivity contribution < 1.29 is 13.9 Å². The summed E-state index contributed by atoms with van der Waals surface area (Å²) >= 11 is 0. The van der Waals surface area contributed by atoms with E-state index in [9.17, 15) is 4.79 Å². The van der Waals surface area contributed by atoms with Crippen LogP contribution >= 0.6 is 0 Å². The lowest BCUT2D eigenvalue weighted by Gasteiger charge is -2.04. The molecule has 3 rings (SSSR count). The van der Waals surface area contributed by atoms with Crippen LogP contribution in [0.2, 0.25) is 0 Å². The molecule has 0 aliphatic rings. The number of benzene rings is 2. The molecule has 2 aromatic carbocycles. The number of nitrogens with zero attached hydrogens (tertiary/aromatic N) is 2. The number of nitrogens with one attached hydrogen (secondary N) is 1. The molecule has 0 fully saturated rings. The molecule has 1 N–H and O–H groups in total. The largest absolute Gasteiger partial charge is 0.484 e. The molecule has 0 aliphatic carbocycles. The van der Waals surface area contributed by atoms with E-state index < -0.39 is 0 Å². The van der Waals surface area contributed by atoms with Gasteiger partial charge < -0.3 is 14.5 Å². The standard InChI is InChI=1S/C18H17N3O3/c1-13(22)14-6-5-7-15(10-14)19-11-17-20-21-18(24-17)12-23-16-8-3-2-4-9-16/h2-10,19H,11-12H2,1H3. The molecule has 0 bridgehead atoms. The third-order valence-electron chi connectivity index (χ3n) is 3.33. The monoisotopic (exact) mass is 323 g/mol. The van der Waals surface area contributed by atoms with Crippen molar-refractivity contribution in [3.8, 4) is 5.75 Å². The molecule has 0 atom stereocenters. The van der Waals surface area contributed by atoms with Crippen molar-refractivity contribution in [1.82, 2.24) is 10.2 Å². The molecule has 0 unspecified atom stereocenters. The molecular weight excluding hydrogens is 306 g/mol. The molecule has 1 heterocycles. The Morgan fingerprint density at radius 2 is 1.88 bits per heavy atom. The zero-order valence-corrected chi connectivity index (χ0v) is 13.2. The average molecular weight is 323 g/mol. The predicted octanol–water partition coefficient (Wildman–Crippen LogP) is 3.46. The number of ketones is 1. The van der Waals surface area contributed by atoms with Crippen LogP contribution in [-0.2, 0) is 13.2 Å². The van der Waals surface area contributed by atoms with Crippen LogP contribution in [0.15, 0.2) is 59.0 Å². The molecule has 24 heavy (non-hydrogen) atoms. The maximum absolute atomic E-state index is 11.4. The third kappa shape index (κ3) is 4.19. The van der Waals surface area contributed by atoms with Crippen molar-refractivity contribution in [3.05, 3.63) is 71.9 Å². The Labute approximate surface area is 139 Å². The summed E-state index contributed by atoms with van der Waals surface area (Å²) in [6, 6.07) is 16.7. The number of hydrogen-bond donors (Lipinski definition) is 1. The van der Waals surface area contributed by atoms with E-state index in [0.29, 0.717) is 23.9 Å². The second-order valence-electron chi connectivity index (χ2n) is 5.18. The maximum atomic E-state index is 11.4. The Bertz CT molecular complexity index is 815. The molecule has 6 nitrogen and oxygen atoms in total. The van der Waals surface area contributed by atoms with Gasteiger partial charge in [0.1, 0.15) is 5.75 Å². The Morgan fingerprint density at radius 1 is 1.08 bits per heavy atom. The highest BCUT2D eigenvalue weighted by atomic mass is 16.5. The van der Waals surface area contributed by atoms with Gasteiger partial charge in [0.15, 0.2) is 12.4 Å². The number of ether oxygens (including phenoxy) is 1. The molecule has 3 aromatic rings. The van der Waals surface area contributed by atoms with E-state index in [1.807, 2.05) is 42.5 Å². The second kappa shape index (κ2) is 7.41. The number of aromatic nitrogens is 2. The maximum Gasteiger partial charge on any atom is 0.253 e. The van der Waals surface area contributed by atoms with E-state index in [1.165, 1.54) is 6.92 Å². The smallest absolute Gasteiger partial charge is 0.253 e. The van der Waals surface area contributed by atoms with Gasteiger partial charge in [-0.2, -0.15) is 0 Å². The molecule has 0 amide bonds. The second-order valence-corrected chi connectivity index (χ2v) is 5.18. The van der Waals surface area contributed by atoms with Crippen molar-refractivity contribution in [3.63, 3.8) is 0 Å². The van der Waals surface area contributed by atoms with Crippen LogP contribution in [0.3, 0.4) is 0 Å². The Morgan fingerprint density at radius 3 is 2.67 bits per heavy atom. The summed E-state index contributed by atoms with van der Waals surface area (Å²) in [5, 5.41) is 11.1. The first-order valence-corrected chi connectivity index (χ1v) is 7.55. The lowest BCUT2D eigenvalue weighted by Crippen LogP contribution is -2.01. The molecule has 6 heteroatoms. The van der Waals surface area contributed by atoms with Crippen LogP contribution in [0.4, 0.5) is 5.69 Å². The molecular formula is C18H17N3O3. The topological polar surface area (TPSA) is 77.2 Å². The summed E-state index contributed by atoms with van der Waals surface area (Å²) in [5.74, 6) is 1.64. The van der Waals surface area contributed by atoms with Crippen molar-refractivity contribution >= 4 is 11.5 Å². The van der Waals surface area contributed by atoms with E-state index >= 15 is 0 Å². The lowest BCUT2D eigenvalue weighted by atomic mass is 10.1. The number of para-hydroxylation sites is 1. The molecule has 122 valence electrons. The van der Waals surface area contributed by atoms with Gasteiger partial charge in [-0.3, -0.25) is 4.79 Å². The summed E-state index contributed by atoms with van der Waals surface area (Å²) in [7, 11) is 0. The minimum atomic E-state index is 0.0248. The van der Waals surface area contributed by atoms with E-state index in [-0.39, 0.29) is 12.4 Å². The van der Waals surface area contributed by atoms with Crippen LogP contribution in [-0.4, -0.2) is 16.0 Å². The van der Waals surface area contributed by atoms with Crippen LogP contribution < -0.4 is 10.1 Å². The summed E-state index contributed by atoms with van der Waals surface area (Å²) in [4.78, 5) is 11.4. The quantitative estimate of drug-likeness (QED) is 0.671. The van der Waals surface area contributed by atoms with Gasteiger partial charge in [0.2, 0.25) is 5.89 Å². The van der Waals surface area contributed by atoms with Crippen LogP contribution in [0, 0.1) is 0 Å². The van der Waals surface area contributed by atoms with E-state index in [1.54, 1.807) is 12.1 Å². The normalized spacial score (nSPS) is 10.4. The molecule has 0 radical (unpaired) electrons. The molecule has 0 saturated heterocycles. The van der Waals surface area contributed by atoms with Gasteiger partial charge >= 0.3 is 0 Å². The summed E-state index contributed by atoms with van der Waals surface area (Å²) in [5.41, 5.74) is 1.48. The van der Waals surface area contributed by atoms with Crippen LogP contribution in [0.5, 0.6) is 5.75 Å². The van der Waals surface area contributed by atoms with Gasteiger partial charge in [0.05, 0.1) is 6.54 Å². The van der Waals surface area contributed by atoms with Gasteiger partial charge in [-0.05, 0) is 31.2 Å². The number of rotatable bonds is 7. The zero-order chi connectivity index (χ0) is 16.8. The molecule has 1 aromatic heterocycles. The van der Waals surface area contributed by atoms with Gasteiger partial charge in [0.25, 0.3) is 5.89 Å². The number of carbonyl (C=O) groups is 1. The van der Waals surface area contributed by atoms with E-state index in [2.05, 4.69) is 15.5 Å². The molecule has 0 aliphatic heterocycles. The molecule has 0 spiro atoms. The number of carbonyl (C=O) groups excluding carboxylic acids is 1. The Balaban J connectivity index is 1.54. The Kier molecular flexibility index (Phi) is 4.86. The van der Waals surface area contributed by atoms with Gasteiger partial charge in [-0.25, -0.2) is 0 Å². The number of anilines is 1. The Hall–Kier alpha value is -3.15. The third-order valence-corrected chi connectivity index (χ3v) is 3.33. The van der Waals surface area contributed by atoms with Crippen molar-refractivity contribution in [2.24, 2.45) is 0 Å². The minimum Gasteiger partial charge on any atom is -0.484 e. The van der Waals surface area contributed by atoms with Gasteiger partial charge in [0, 0.05) is 11.3 Å². The van der Waals surface area contributed by atoms with Gasteiger partial charge in [-0.15, -0.1) is 10.2 Å². The first-order chi connectivity index (χ1) is 11.7. The number of hydrogen-bond acceptors (Lipinski definition) is 6. The predicted molar refractivity (Wildman–Crippen MR) is 88.8 cm³/mol. The zero-order valence-electron chi connectivity index (χ0n) is 13.2. The fraction of sp³-hybridized carbons (Fsp3) is 0.167. The SMILES string of the molecule is CC(=O)c1cccc(NCc2nnc(COc3ccccc3)o2)c1.